The van der Waals surface area contributed by atoms with Gasteiger partial charge in [-0.3, -0.25) is 0 Å². The first-order valence-electron chi connectivity index (χ1n) is 7.22. The van der Waals surface area contributed by atoms with Gasteiger partial charge < -0.3 is 10.2 Å². The van der Waals surface area contributed by atoms with Crippen molar-refractivity contribution in [1.29, 1.82) is 0 Å². The number of nitrogens with zero attached hydrogens (tertiary/aromatic N) is 2. The van der Waals surface area contributed by atoms with Crippen LogP contribution in [0.25, 0.3) is 0 Å². The van der Waals surface area contributed by atoms with Crippen molar-refractivity contribution in [3.05, 3.63) is 58.2 Å². The minimum atomic E-state index is 0.769. The molecule has 0 aliphatic heterocycles. The molecule has 0 atom stereocenters. The molecule has 1 N–H and O–H groups in total. The van der Waals surface area contributed by atoms with Crippen LogP contribution in [0.15, 0.2) is 36.4 Å². The van der Waals surface area contributed by atoms with E-state index in [1.807, 2.05) is 25.1 Å². The Labute approximate surface area is 132 Å². The molecule has 3 nitrogen and oxygen atoms in total. The first-order chi connectivity index (χ1) is 10.1. The SMILES string of the molecule is CCNCc1cc(C)nc(N(C)Cc2cccc(Cl)c2)c1. The predicted octanol–water partition coefficient (Wildman–Crippen LogP) is 3.79. The first-order valence-corrected chi connectivity index (χ1v) is 7.60. The maximum Gasteiger partial charge on any atom is 0.129 e. The Morgan fingerprint density at radius 2 is 2.00 bits per heavy atom. The molecule has 0 amide bonds. The van der Waals surface area contributed by atoms with Gasteiger partial charge in [0.2, 0.25) is 0 Å². The molecule has 2 aromatic rings. The Morgan fingerprint density at radius 1 is 1.19 bits per heavy atom. The molecule has 0 saturated carbocycles. The minimum absolute atomic E-state index is 0.769. The van der Waals surface area contributed by atoms with Crippen molar-refractivity contribution in [3.63, 3.8) is 0 Å². The van der Waals surface area contributed by atoms with Crippen molar-refractivity contribution in [3.8, 4) is 0 Å². The van der Waals surface area contributed by atoms with Crippen molar-refractivity contribution in [2.24, 2.45) is 0 Å². The molecule has 0 bridgehead atoms. The Kier molecular flexibility index (Phi) is 5.59. The molecule has 0 unspecified atom stereocenters. The lowest BCUT2D eigenvalue weighted by molar-refractivity contribution is 0.724. The third-order valence-corrected chi connectivity index (χ3v) is 3.51. The van der Waals surface area contributed by atoms with E-state index < -0.39 is 0 Å². The number of hydrogen-bond acceptors (Lipinski definition) is 3. The van der Waals surface area contributed by atoms with E-state index in [0.717, 1.165) is 36.2 Å². The number of halogens is 1. The second-order valence-corrected chi connectivity index (χ2v) is 5.68. The largest absolute Gasteiger partial charge is 0.355 e. The van der Waals surface area contributed by atoms with Gasteiger partial charge in [-0.15, -0.1) is 0 Å². The van der Waals surface area contributed by atoms with Crippen LogP contribution in [-0.2, 0) is 13.1 Å². The number of benzene rings is 1. The Balaban J connectivity index is 2.14. The third-order valence-electron chi connectivity index (χ3n) is 3.28. The van der Waals surface area contributed by atoms with Crippen molar-refractivity contribution in [2.75, 3.05) is 18.5 Å². The van der Waals surface area contributed by atoms with Crippen molar-refractivity contribution < 1.29 is 0 Å². The lowest BCUT2D eigenvalue weighted by Crippen LogP contribution is -2.19. The second-order valence-electron chi connectivity index (χ2n) is 5.24. The van der Waals surface area contributed by atoms with E-state index in [9.17, 15) is 0 Å². The molecule has 1 heterocycles. The van der Waals surface area contributed by atoms with Crippen LogP contribution in [0, 0.1) is 6.92 Å². The highest BCUT2D eigenvalue weighted by molar-refractivity contribution is 6.30. The van der Waals surface area contributed by atoms with Crippen LogP contribution in [-0.4, -0.2) is 18.6 Å². The molecule has 1 aromatic carbocycles. The summed E-state index contributed by atoms with van der Waals surface area (Å²) in [5.74, 6) is 0.989. The Bertz CT molecular complexity index is 598. The summed E-state index contributed by atoms with van der Waals surface area (Å²) in [6.07, 6.45) is 0. The number of hydrogen-bond donors (Lipinski definition) is 1. The standard InChI is InChI=1S/C17H22ClN3/c1-4-19-11-15-8-13(2)20-17(10-15)21(3)12-14-6-5-7-16(18)9-14/h5-10,19H,4,11-12H2,1-3H3. The molecule has 0 aliphatic rings. The quantitative estimate of drug-likeness (QED) is 0.880. The van der Waals surface area contributed by atoms with Crippen LogP contribution in [0.2, 0.25) is 5.02 Å². The summed E-state index contributed by atoms with van der Waals surface area (Å²) in [7, 11) is 2.06. The first kappa shape index (κ1) is 15.8. The highest BCUT2D eigenvalue weighted by Gasteiger charge is 2.07. The highest BCUT2D eigenvalue weighted by Crippen LogP contribution is 2.18. The number of aryl methyl sites for hydroxylation is 1. The monoisotopic (exact) mass is 303 g/mol. The summed E-state index contributed by atoms with van der Waals surface area (Å²) in [6, 6.07) is 12.2. The number of aromatic nitrogens is 1. The number of nitrogens with one attached hydrogen (secondary N) is 1. The van der Waals surface area contributed by atoms with E-state index in [0.29, 0.717) is 0 Å². The number of rotatable bonds is 6. The van der Waals surface area contributed by atoms with E-state index in [2.05, 4.69) is 47.4 Å². The summed E-state index contributed by atoms with van der Waals surface area (Å²) in [5.41, 5.74) is 3.48. The zero-order valence-corrected chi connectivity index (χ0v) is 13.6. The van der Waals surface area contributed by atoms with Crippen LogP contribution >= 0.6 is 11.6 Å². The molecule has 112 valence electrons. The number of pyridine rings is 1. The van der Waals surface area contributed by atoms with Crippen LogP contribution in [0.3, 0.4) is 0 Å². The predicted molar refractivity (Wildman–Crippen MR) is 89.9 cm³/mol. The third kappa shape index (κ3) is 4.73. The maximum absolute atomic E-state index is 6.04. The zero-order chi connectivity index (χ0) is 15.2. The molecular formula is C17H22ClN3. The fourth-order valence-corrected chi connectivity index (χ4v) is 2.49. The van der Waals surface area contributed by atoms with E-state index in [1.54, 1.807) is 0 Å². The molecule has 0 radical (unpaired) electrons. The molecule has 0 fully saturated rings. The van der Waals surface area contributed by atoms with Crippen LogP contribution in [0.4, 0.5) is 5.82 Å². The molecule has 1 aromatic heterocycles. The second kappa shape index (κ2) is 7.43. The molecule has 0 aliphatic carbocycles. The minimum Gasteiger partial charge on any atom is -0.355 e. The Hall–Kier alpha value is -1.58. The molecule has 0 spiro atoms. The van der Waals surface area contributed by atoms with Crippen molar-refractivity contribution in [1.82, 2.24) is 10.3 Å². The zero-order valence-electron chi connectivity index (χ0n) is 12.9. The average molecular weight is 304 g/mol. The molecule has 4 heteroatoms. The van der Waals surface area contributed by atoms with E-state index >= 15 is 0 Å². The summed E-state index contributed by atoms with van der Waals surface area (Å²) in [6.45, 7) is 6.77. The number of anilines is 1. The van der Waals surface area contributed by atoms with Crippen LogP contribution in [0.1, 0.15) is 23.7 Å². The van der Waals surface area contributed by atoms with Gasteiger partial charge in [0.25, 0.3) is 0 Å². The van der Waals surface area contributed by atoms with Gasteiger partial charge in [-0.1, -0.05) is 30.7 Å². The van der Waals surface area contributed by atoms with Gasteiger partial charge in [-0.2, -0.15) is 0 Å². The topological polar surface area (TPSA) is 28.2 Å². The van der Waals surface area contributed by atoms with Crippen LogP contribution in [0.5, 0.6) is 0 Å². The van der Waals surface area contributed by atoms with Gasteiger partial charge in [0, 0.05) is 30.9 Å². The molecule has 0 saturated heterocycles. The Morgan fingerprint density at radius 3 is 2.71 bits per heavy atom. The fraction of sp³-hybridized carbons (Fsp3) is 0.353. The van der Waals surface area contributed by atoms with E-state index in [1.165, 1.54) is 11.1 Å². The molecular weight excluding hydrogens is 282 g/mol. The van der Waals surface area contributed by atoms with E-state index in [-0.39, 0.29) is 0 Å². The highest BCUT2D eigenvalue weighted by atomic mass is 35.5. The van der Waals surface area contributed by atoms with Crippen molar-refractivity contribution >= 4 is 17.4 Å². The summed E-state index contributed by atoms with van der Waals surface area (Å²) in [5, 5.41) is 4.12. The van der Waals surface area contributed by atoms with Gasteiger partial charge in [0.1, 0.15) is 5.82 Å². The lowest BCUT2D eigenvalue weighted by Gasteiger charge is -2.20. The van der Waals surface area contributed by atoms with Gasteiger partial charge in [0.05, 0.1) is 0 Å². The normalized spacial score (nSPS) is 10.7. The summed E-state index contributed by atoms with van der Waals surface area (Å²) in [4.78, 5) is 6.77. The van der Waals surface area contributed by atoms with Crippen LogP contribution < -0.4 is 10.2 Å². The van der Waals surface area contributed by atoms with Crippen molar-refractivity contribution in [2.45, 2.75) is 26.9 Å². The van der Waals surface area contributed by atoms with Gasteiger partial charge in [0.15, 0.2) is 0 Å². The summed E-state index contributed by atoms with van der Waals surface area (Å²) >= 11 is 6.04. The summed E-state index contributed by atoms with van der Waals surface area (Å²) < 4.78 is 0. The van der Waals surface area contributed by atoms with Gasteiger partial charge >= 0.3 is 0 Å². The molecule has 21 heavy (non-hydrogen) atoms. The molecule has 2 rings (SSSR count). The average Bonchev–Trinajstić information content (AvgIpc) is 2.44. The smallest absolute Gasteiger partial charge is 0.129 e. The lowest BCUT2D eigenvalue weighted by atomic mass is 10.2. The van der Waals surface area contributed by atoms with E-state index in [4.69, 9.17) is 11.6 Å². The van der Waals surface area contributed by atoms with Gasteiger partial charge in [-0.05, 0) is 48.9 Å². The fourth-order valence-electron chi connectivity index (χ4n) is 2.28. The maximum atomic E-state index is 6.04. The van der Waals surface area contributed by atoms with Gasteiger partial charge in [-0.25, -0.2) is 4.98 Å².